The van der Waals surface area contributed by atoms with E-state index in [1.165, 1.54) is 14.2 Å². The molecule has 0 aliphatic heterocycles. The highest BCUT2D eigenvalue weighted by molar-refractivity contribution is 6.39. The number of nitrogens with one attached hydrogen (secondary N) is 2. The van der Waals surface area contributed by atoms with E-state index in [1.54, 1.807) is 12.1 Å². The molecule has 2 aromatic carbocycles. The zero-order chi connectivity index (χ0) is 19.1. The zero-order valence-electron chi connectivity index (χ0n) is 14.3. The minimum absolute atomic E-state index is 0.188. The first kappa shape index (κ1) is 19.2. The number of amides is 2. The number of ether oxygens (including phenoxy) is 2. The molecule has 0 aliphatic carbocycles. The lowest BCUT2D eigenvalue weighted by molar-refractivity contribution is -0.136. The topological polar surface area (TPSA) is 76.7 Å². The average Bonchev–Trinajstić information content (AvgIpc) is 2.63. The lowest BCUT2D eigenvalue weighted by atomic mass is 10.1. The maximum Gasteiger partial charge on any atom is 0.313 e. The van der Waals surface area contributed by atoms with Crippen molar-refractivity contribution in [2.24, 2.45) is 0 Å². The van der Waals surface area contributed by atoms with E-state index in [4.69, 9.17) is 9.47 Å². The Morgan fingerprint density at radius 3 is 2.35 bits per heavy atom. The van der Waals surface area contributed by atoms with Gasteiger partial charge < -0.3 is 20.1 Å². The number of hydrogen-bond donors (Lipinski definition) is 2. The molecule has 0 atom stereocenters. The molecular formula is C18H18F2N2O4. The summed E-state index contributed by atoms with van der Waals surface area (Å²) in [6, 6.07) is 7.94. The molecule has 0 unspecified atom stereocenters. The van der Waals surface area contributed by atoms with Crippen LogP contribution in [0.1, 0.15) is 5.56 Å². The lowest BCUT2D eigenvalue weighted by Gasteiger charge is -2.10. The molecule has 0 bridgehead atoms. The molecule has 2 rings (SSSR count). The molecule has 26 heavy (non-hydrogen) atoms. The molecular weight excluding hydrogens is 346 g/mol. The van der Waals surface area contributed by atoms with E-state index in [2.05, 4.69) is 10.6 Å². The Morgan fingerprint density at radius 1 is 0.962 bits per heavy atom. The third kappa shape index (κ3) is 4.92. The van der Waals surface area contributed by atoms with Crippen LogP contribution in [0.2, 0.25) is 0 Å². The average molecular weight is 364 g/mol. The van der Waals surface area contributed by atoms with Crippen molar-refractivity contribution in [2.45, 2.75) is 6.42 Å². The number of carbonyl (C=O) groups is 2. The number of methoxy groups -OCH3 is 2. The third-order valence-corrected chi connectivity index (χ3v) is 3.53. The van der Waals surface area contributed by atoms with Gasteiger partial charge in [0.25, 0.3) is 0 Å². The highest BCUT2D eigenvalue weighted by atomic mass is 19.1. The molecule has 2 N–H and O–H groups in total. The van der Waals surface area contributed by atoms with E-state index in [9.17, 15) is 18.4 Å². The van der Waals surface area contributed by atoms with E-state index in [0.29, 0.717) is 24.0 Å². The maximum absolute atomic E-state index is 13.5. The summed E-state index contributed by atoms with van der Waals surface area (Å²) in [5.74, 6) is -2.56. The van der Waals surface area contributed by atoms with Gasteiger partial charge >= 0.3 is 11.8 Å². The standard InChI is InChI=1S/C18H18F2N2O4/c1-25-15-6-3-11(9-16(15)26-2)7-8-21-17(23)18(24)22-14-5-4-12(19)10-13(14)20/h3-6,9-10H,7-8H2,1-2H3,(H,21,23)(H,22,24). The van der Waals surface area contributed by atoms with Gasteiger partial charge in [-0.3, -0.25) is 9.59 Å². The van der Waals surface area contributed by atoms with Crippen molar-refractivity contribution in [1.82, 2.24) is 5.32 Å². The molecule has 2 amide bonds. The Balaban J connectivity index is 1.87. The normalized spacial score (nSPS) is 10.2. The van der Waals surface area contributed by atoms with Gasteiger partial charge in [0.2, 0.25) is 0 Å². The van der Waals surface area contributed by atoms with Crippen LogP contribution in [-0.2, 0) is 16.0 Å². The Hall–Kier alpha value is -3.16. The number of anilines is 1. The molecule has 0 fully saturated rings. The molecule has 0 aliphatic rings. The summed E-state index contributed by atoms with van der Waals surface area (Å²) in [5, 5.41) is 4.52. The van der Waals surface area contributed by atoms with Gasteiger partial charge in [0.1, 0.15) is 11.6 Å². The van der Waals surface area contributed by atoms with Gasteiger partial charge in [-0.15, -0.1) is 0 Å². The van der Waals surface area contributed by atoms with Crippen molar-refractivity contribution in [3.05, 3.63) is 53.6 Å². The smallest absolute Gasteiger partial charge is 0.313 e. The van der Waals surface area contributed by atoms with E-state index >= 15 is 0 Å². The van der Waals surface area contributed by atoms with Crippen molar-refractivity contribution < 1.29 is 27.8 Å². The fourth-order valence-corrected chi connectivity index (χ4v) is 2.21. The number of hydrogen-bond acceptors (Lipinski definition) is 4. The lowest BCUT2D eigenvalue weighted by Crippen LogP contribution is -2.36. The molecule has 6 nitrogen and oxygen atoms in total. The summed E-state index contributed by atoms with van der Waals surface area (Å²) < 4.78 is 36.6. The van der Waals surface area contributed by atoms with Crippen LogP contribution in [0, 0.1) is 11.6 Å². The second kappa shape index (κ2) is 8.80. The van der Waals surface area contributed by atoms with Crippen molar-refractivity contribution >= 4 is 17.5 Å². The predicted molar refractivity (Wildman–Crippen MR) is 91.2 cm³/mol. The van der Waals surface area contributed by atoms with Crippen LogP contribution in [0.4, 0.5) is 14.5 Å². The maximum atomic E-state index is 13.5. The van der Waals surface area contributed by atoms with E-state index in [-0.39, 0.29) is 12.2 Å². The summed E-state index contributed by atoms with van der Waals surface area (Å²) in [7, 11) is 3.04. The second-order valence-electron chi connectivity index (χ2n) is 5.27. The second-order valence-corrected chi connectivity index (χ2v) is 5.27. The van der Waals surface area contributed by atoms with Crippen molar-refractivity contribution in [3.63, 3.8) is 0 Å². The van der Waals surface area contributed by atoms with Crippen LogP contribution >= 0.6 is 0 Å². The van der Waals surface area contributed by atoms with Crippen molar-refractivity contribution in [2.75, 3.05) is 26.1 Å². The first-order valence-electron chi connectivity index (χ1n) is 7.69. The molecule has 0 heterocycles. The highest BCUT2D eigenvalue weighted by Gasteiger charge is 2.15. The fourth-order valence-electron chi connectivity index (χ4n) is 2.21. The van der Waals surface area contributed by atoms with Gasteiger partial charge in [-0.05, 0) is 36.2 Å². The summed E-state index contributed by atoms with van der Waals surface area (Å²) in [4.78, 5) is 23.5. The first-order valence-corrected chi connectivity index (χ1v) is 7.69. The van der Waals surface area contributed by atoms with E-state index < -0.39 is 23.4 Å². The van der Waals surface area contributed by atoms with Gasteiger partial charge in [-0.25, -0.2) is 8.78 Å². The van der Waals surface area contributed by atoms with Crippen LogP contribution in [0.3, 0.4) is 0 Å². The molecule has 138 valence electrons. The fraction of sp³-hybridized carbons (Fsp3) is 0.222. The minimum atomic E-state index is -1.04. The van der Waals surface area contributed by atoms with Gasteiger partial charge in [0, 0.05) is 12.6 Å². The summed E-state index contributed by atoms with van der Waals surface area (Å²) >= 11 is 0. The quantitative estimate of drug-likeness (QED) is 0.771. The van der Waals surface area contributed by atoms with Gasteiger partial charge in [0.15, 0.2) is 11.5 Å². The summed E-state index contributed by atoms with van der Waals surface area (Å²) in [6.07, 6.45) is 0.449. The molecule has 0 aromatic heterocycles. The SMILES string of the molecule is COc1ccc(CCNC(=O)C(=O)Nc2ccc(F)cc2F)cc1OC. The van der Waals surface area contributed by atoms with Crippen molar-refractivity contribution in [1.29, 1.82) is 0 Å². The number of halogens is 2. The highest BCUT2D eigenvalue weighted by Crippen LogP contribution is 2.27. The number of benzene rings is 2. The number of rotatable bonds is 6. The Labute approximate surface area is 149 Å². The predicted octanol–water partition coefficient (Wildman–Crippen LogP) is 2.28. The van der Waals surface area contributed by atoms with Gasteiger partial charge in [-0.1, -0.05) is 6.07 Å². The van der Waals surface area contributed by atoms with Crippen LogP contribution in [0.5, 0.6) is 11.5 Å². The molecule has 0 spiro atoms. The third-order valence-electron chi connectivity index (χ3n) is 3.53. The molecule has 2 aromatic rings. The number of carbonyl (C=O) groups excluding carboxylic acids is 2. The molecule has 0 saturated carbocycles. The first-order chi connectivity index (χ1) is 12.4. The Bertz CT molecular complexity index is 812. The van der Waals surface area contributed by atoms with E-state index in [0.717, 1.165) is 17.7 Å². The zero-order valence-corrected chi connectivity index (χ0v) is 14.3. The van der Waals surface area contributed by atoms with Crippen LogP contribution < -0.4 is 20.1 Å². The Kier molecular flexibility index (Phi) is 6.48. The van der Waals surface area contributed by atoms with Crippen molar-refractivity contribution in [3.8, 4) is 11.5 Å². The van der Waals surface area contributed by atoms with Gasteiger partial charge in [0.05, 0.1) is 19.9 Å². The molecule has 0 saturated heterocycles. The Morgan fingerprint density at radius 2 is 1.69 bits per heavy atom. The molecule has 0 radical (unpaired) electrons. The molecule has 8 heteroatoms. The largest absolute Gasteiger partial charge is 0.493 e. The van der Waals surface area contributed by atoms with Crippen LogP contribution in [-0.4, -0.2) is 32.6 Å². The van der Waals surface area contributed by atoms with E-state index in [1.807, 2.05) is 6.07 Å². The minimum Gasteiger partial charge on any atom is -0.493 e. The monoisotopic (exact) mass is 364 g/mol. The van der Waals surface area contributed by atoms with Crippen LogP contribution in [0.15, 0.2) is 36.4 Å². The summed E-state index contributed by atoms with van der Waals surface area (Å²) in [6.45, 7) is 0.188. The van der Waals surface area contributed by atoms with Crippen LogP contribution in [0.25, 0.3) is 0 Å². The summed E-state index contributed by atoms with van der Waals surface area (Å²) in [5.41, 5.74) is 0.597. The van der Waals surface area contributed by atoms with Gasteiger partial charge in [-0.2, -0.15) is 0 Å².